The molecule has 2 bridgehead atoms. The average Bonchev–Trinajstić information content (AvgIpc) is 3.44. The van der Waals surface area contributed by atoms with Crippen LogP contribution < -0.4 is 11.1 Å². The topological polar surface area (TPSA) is 101 Å². The molecule has 1 amide bonds. The molecule has 36 heavy (non-hydrogen) atoms. The lowest BCUT2D eigenvalue weighted by Crippen LogP contribution is -2.24. The van der Waals surface area contributed by atoms with Crippen LogP contribution in [-0.2, 0) is 11.3 Å². The zero-order valence-electron chi connectivity index (χ0n) is 20.0. The fourth-order valence-corrected chi connectivity index (χ4v) is 5.41. The minimum absolute atomic E-state index is 0.136. The monoisotopic (exact) mass is 472 g/mol. The van der Waals surface area contributed by atoms with Crippen LogP contribution in [0.3, 0.4) is 0 Å². The molecule has 3 heterocycles. The Balaban J connectivity index is 1.28. The van der Waals surface area contributed by atoms with Crippen LogP contribution in [0.2, 0.25) is 0 Å². The number of carbonyl (C=O) groups is 1. The number of benzene rings is 3. The third kappa shape index (κ3) is 3.44. The van der Waals surface area contributed by atoms with E-state index in [-0.39, 0.29) is 18.1 Å². The highest BCUT2D eigenvalue weighted by atomic mass is 16.5. The molecular formula is C30H24N4O2. The summed E-state index contributed by atoms with van der Waals surface area (Å²) in [5.41, 5.74) is 16.1. The second-order valence-electron chi connectivity index (χ2n) is 9.35. The SMILES string of the molecule is Cc1cc(N)nc(C)c1CNC(=O)c1ccc2c(c1)C1OC2c2ccc(-c3ccccc3C#N)cc21. The van der Waals surface area contributed by atoms with Crippen LogP contribution in [0, 0.1) is 25.2 Å². The largest absolute Gasteiger partial charge is 0.384 e. The second kappa shape index (κ2) is 8.33. The van der Waals surface area contributed by atoms with E-state index in [0.29, 0.717) is 23.5 Å². The van der Waals surface area contributed by atoms with Crippen molar-refractivity contribution in [2.45, 2.75) is 32.6 Å². The summed E-state index contributed by atoms with van der Waals surface area (Å²) in [5.74, 6) is 0.335. The Labute approximate surface area is 209 Å². The first-order chi connectivity index (χ1) is 17.4. The first-order valence-corrected chi connectivity index (χ1v) is 11.9. The number of nitriles is 1. The number of amides is 1. The summed E-state index contributed by atoms with van der Waals surface area (Å²) in [4.78, 5) is 17.4. The van der Waals surface area contributed by atoms with Gasteiger partial charge < -0.3 is 15.8 Å². The maximum atomic E-state index is 13.0. The number of hydrogen-bond acceptors (Lipinski definition) is 5. The Morgan fingerprint density at radius 1 is 1.00 bits per heavy atom. The molecule has 176 valence electrons. The standard InChI is InChI=1S/C30H24N4O2/c1-16-11-27(32)34-17(2)26(16)15-33-30(35)19-8-10-23-25(13-19)29-24-12-18(7-9-22(24)28(23)36-29)21-6-4-3-5-20(21)14-31/h3-13,28-29H,15H2,1-2H3,(H2,32,34)(H,33,35). The molecule has 3 N–H and O–H groups in total. The smallest absolute Gasteiger partial charge is 0.251 e. The van der Waals surface area contributed by atoms with Gasteiger partial charge in [0.1, 0.15) is 18.0 Å². The lowest BCUT2D eigenvalue weighted by atomic mass is 9.83. The molecule has 4 aromatic rings. The van der Waals surface area contributed by atoms with E-state index in [4.69, 9.17) is 10.5 Å². The van der Waals surface area contributed by atoms with Crippen LogP contribution in [0.1, 0.15) is 67.2 Å². The van der Waals surface area contributed by atoms with E-state index in [1.54, 1.807) is 0 Å². The number of nitrogens with two attached hydrogens (primary N) is 1. The van der Waals surface area contributed by atoms with Crippen molar-refractivity contribution in [1.29, 1.82) is 5.26 Å². The van der Waals surface area contributed by atoms with Gasteiger partial charge in [0.05, 0.1) is 11.6 Å². The lowest BCUT2D eigenvalue weighted by molar-refractivity contribution is 0.0857. The summed E-state index contributed by atoms with van der Waals surface area (Å²) in [6.07, 6.45) is -0.365. The van der Waals surface area contributed by atoms with Crippen LogP contribution in [-0.4, -0.2) is 10.9 Å². The molecule has 0 spiro atoms. The average molecular weight is 473 g/mol. The predicted molar refractivity (Wildman–Crippen MR) is 137 cm³/mol. The van der Waals surface area contributed by atoms with Crippen molar-refractivity contribution in [3.05, 3.63) is 117 Å². The molecule has 6 rings (SSSR count). The first-order valence-electron chi connectivity index (χ1n) is 11.9. The molecule has 2 aliphatic rings. The normalized spacial score (nSPS) is 16.8. The van der Waals surface area contributed by atoms with Crippen LogP contribution in [0.4, 0.5) is 5.82 Å². The molecule has 1 aromatic heterocycles. The van der Waals surface area contributed by atoms with Gasteiger partial charge in [0.2, 0.25) is 0 Å². The summed E-state index contributed by atoms with van der Waals surface area (Å²) in [5, 5.41) is 12.6. The summed E-state index contributed by atoms with van der Waals surface area (Å²) in [7, 11) is 0. The van der Waals surface area contributed by atoms with Crippen molar-refractivity contribution >= 4 is 11.7 Å². The van der Waals surface area contributed by atoms with E-state index < -0.39 is 0 Å². The summed E-state index contributed by atoms with van der Waals surface area (Å²) in [6, 6.07) is 23.8. The molecule has 2 atom stereocenters. The predicted octanol–water partition coefficient (Wildman–Crippen LogP) is 5.27. The second-order valence-corrected chi connectivity index (χ2v) is 9.35. The Kier molecular flexibility index (Phi) is 5.10. The maximum Gasteiger partial charge on any atom is 0.251 e. The number of hydrogen-bond donors (Lipinski definition) is 2. The van der Waals surface area contributed by atoms with Gasteiger partial charge >= 0.3 is 0 Å². The van der Waals surface area contributed by atoms with Gasteiger partial charge in [-0.25, -0.2) is 4.98 Å². The highest BCUT2D eigenvalue weighted by Crippen LogP contribution is 2.54. The van der Waals surface area contributed by atoms with E-state index in [1.807, 2.05) is 62.4 Å². The summed E-state index contributed by atoms with van der Waals surface area (Å²) in [6.45, 7) is 4.25. The van der Waals surface area contributed by atoms with Gasteiger partial charge in [-0.05, 0) is 88.7 Å². The van der Waals surface area contributed by atoms with E-state index in [2.05, 4.69) is 34.6 Å². The number of anilines is 1. The Bertz CT molecular complexity index is 1580. The number of nitrogens with zero attached hydrogens (tertiary/aromatic N) is 2. The van der Waals surface area contributed by atoms with Gasteiger partial charge in [0.15, 0.2) is 0 Å². The number of pyridine rings is 1. The minimum atomic E-state index is -0.229. The van der Waals surface area contributed by atoms with Gasteiger partial charge in [0.25, 0.3) is 5.91 Å². The van der Waals surface area contributed by atoms with Crippen LogP contribution >= 0.6 is 0 Å². The van der Waals surface area contributed by atoms with E-state index in [9.17, 15) is 10.1 Å². The molecule has 6 heteroatoms. The molecular weight excluding hydrogens is 448 g/mol. The summed E-state index contributed by atoms with van der Waals surface area (Å²) >= 11 is 0. The third-order valence-electron chi connectivity index (χ3n) is 7.20. The molecule has 2 aliphatic heterocycles. The molecule has 0 fully saturated rings. The quantitative estimate of drug-likeness (QED) is 0.421. The zero-order chi connectivity index (χ0) is 25.0. The van der Waals surface area contributed by atoms with Crippen molar-refractivity contribution < 1.29 is 9.53 Å². The van der Waals surface area contributed by atoms with Crippen molar-refractivity contribution in [2.24, 2.45) is 0 Å². The zero-order valence-corrected chi connectivity index (χ0v) is 20.0. The molecule has 0 aliphatic carbocycles. The van der Waals surface area contributed by atoms with Crippen molar-refractivity contribution in [1.82, 2.24) is 10.3 Å². The number of aryl methyl sites for hydroxylation is 2. The number of carbonyl (C=O) groups excluding carboxylic acids is 1. The molecule has 0 radical (unpaired) electrons. The van der Waals surface area contributed by atoms with Gasteiger partial charge in [0, 0.05) is 17.8 Å². The summed E-state index contributed by atoms with van der Waals surface area (Å²) < 4.78 is 6.35. The fourth-order valence-electron chi connectivity index (χ4n) is 5.41. The first kappa shape index (κ1) is 22.0. The highest BCUT2D eigenvalue weighted by Gasteiger charge is 2.43. The number of rotatable bonds is 4. The molecule has 0 saturated carbocycles. The lowest BCUT2D eigenvalue weighted by Gasteiger charge is -2.18. The molecule has 2 unspecified atom stereocenters. The maximum absolute atomic E-state index is 13.0. The number of nitrogen functional groups attached to an aromatic ring is 1. The van der Waals surface area contributed by atoms with Gasteiger partial charge in [-0.3, -0.25) is 4.79 Å². The van der Waals surface area contributed by atoms with Crippen molar-refractivity contribution in [3.63, 3.8) is 0 Å². The van der Waals surface area contributed by atoms with E-state index in [0.717, 1.165) is 50.2 Å². The van der Waals surface area contributed by atoms with Gasteiger partial charge in [-0.15, -0.1) is 0 Å². The number of aromatic nitrogens is 1. The molecule has 6 nitrogen and oxygen atoms in total. The van der Waals surface area contributed by atoms with Crippen LogP contribution in [0.25, 0.3) is 11.1 Å². The van der Waals surface area contributed by atoms with E-state index in [1.165, 1.54) is 0 Å². The Morgan fingerprint density at radius 3 is 2.50 bits per heavy atom. The Morgan fingerprint density at radius 2 is 1.72 bits per heavy atom. The molecule has 0 saturated heterocycles. The number of nitrogens with one attached hydrogen (secondary N) is 1. The molecule has 3 aromatic carbocycles. The van der Waals surface area contributed by atoms with E-state index >= 15 is 0 Å². The Hall–Kier alpha value is -4.47. The van der Waals surface area contributed by atoms with Crippen LogP contribution in [0.5, 0.6) is 0 Å². The number of ether oxygens (including phenoxy) is 1. The van der Waals surface area contributed by atoms with Crippen molar-refractivity contribution in [2.75, 3.05) is 5.73 Å². The van der Waals surface area contributed by atoms with Gasteiger partial charge in [-0.2, -0.15) is 5.26 Å². The van der Waals surface area contributed by atoms with Crippen molar-refractivity contribution in [3.8, 4) is 17.2 Å². The third-order valence-corrected chi connectivity index (χ3v) is 7.20. The minimum Gasteiger partial charge on any atom is -0.384 e. The fraction of sp³-hybridized carbons (Fsp3) is 0.167. The number of fused-ring (bicyclic) bond motifs is 8. The highest BCUT2D eigenvalue weighted by molar-refractivity contribution is 5.94. The van der Waals surface area contributed by atoms with Gasteiger partial charge in [-0.1, -0.05) is 36.4 Å². The van der Waals surface area contributed by atoms with Crippen LogP contribution in [0.15, 0.2) is 66.7 Å².